The van der Waals surface area contributed by atoms with Gasteiger partial charge in [0.15, 0.2) is 5.13 Å². The van der Waals surface area contributed by atoms with Gasteiger partial charge in [0.25, 0.3) is 5.91 Å². The average molecular weight is 440 g/mol. The van der Waals surface area contributed by atoms with Gasteiger partial charge in [-0.25, -0.2) is 9.97 Å². The zero-order valence-electron chi connectivity index (χ0n) is 16.1. The highest BCUT2D eigenvalue weighted by Gasteiger charge is 2.28. The van der Waals surface area contributed by atoms with Crippen LogP contribution in [-0.2, 0) is 6.54 Å². The van der Waals surface area contributed by atoms with Crippen molar-refractivity contribution in [3.63, 3.8) is 0 Å². The molecule has 0 radical (unpaired) electrons. The number of nitrogens with one attached hydrogen (secondary N) is 1. The second-order valence-corrected chi connectivity index (χ2v) is 10.5. The molecule has 28 heavy (non-hydrogen) atoms. The van der Waals surface area contributed by atoms with E-state index in [-0.39, 0.29) is 5.91 Å². The second kappa shape index (κ2) is 9.07. The van der Waals surface area contributed by atoms with E-state index < -0.39 is 0 Å². The van der Waals surface area contributed by atoms with Gasteiger partial charge in [0.1, 0.15) is 14.2 Å². The Bertz CT molecular complexity index is 802. The average Bonchev–Trinajstić information content (AvgIpc) is 3.36. The van der Waals surface area contributed by atoms with Gasteiger partial charge < -0.3 is 10.2 Å². The molecule has 2 fully saturated rings. The number of piperidine rings is 2. The Morgan fingerprint density at radius 3 is 2.75 bits per heavy atom. The van der Waals surface area contributed by atoms with Crippen LogP contribution in [0, 0.1) is 5.92 Å². The van der Waals surface area contributed by atoms with E-state index >= 15 is 0 Å². The van der Waals surface area contributed by atoms with Crippen LogP contribution in [0.3, 0.4) is 0 Å². The molecule has 0 unspecified atom stereocenters. The van der Waals surface area contributed by atoms with Gasteiger partial charge in [-0.15, -0.1) is 11.3 Å². The molecular formula is C19H26ClN5OS2. The summed E-state index contributed by atoms with van der Waals surface area (Å²) in [7, 11) is 0. The van der Waals surface area contributed by atoms with Gasteiger partial charge in [-0.1, -0.05) is 29.9 Å². The Kier molecular flexibility index (Phi) is 6.50. The van der Waals surface area contributed by atoms with E-state index in [9.17, 15) is 4.79 Å². The molecule has 152 valence electrons. The lowest BCUT2D eigenvalue weighted by Crippen LogP contribution is -2.48. The number of hydrogen-bond acceptors (Lipinski definition) is 7. The SMILES string of the molecule is C[C@@H]1CCCN(C2CCN(c3ncc(C(=O)NCc4ncc(Cl)s4)s3)CC2)C1. The third kappa shape index (κ3) is 4.84. The van der Waals surface area contributed by atoms with E-state index in [4.69, 9.17) is 11.6 Å². The van der Waals surface area contributed by atoms with Crippen molar-refractivity contribution in [1.82, 2.24) is 20.2 Å². The predicted octanol–water partition coefficient (Wildman–Crippen LogP) is 3.88. The number of carbonyl (C=O) groups excluding carboxylic acids is 1. The van der Waals surface area contributed by atoms with Crippen molar-refractivity contribution < 1.29 is 4.79 Å². The number of hydrogen-bond donors (Lipinski definition) is 1. The molecule has 0 bridgehead atoms. The fraction of sp³-hybridized carbons (Fsp3) is 0.632. The zero-order valence-corrected chi connectivity index (χ0v) is 18.5. The molecule has 1 N–H and O–H groups in total. The first-order valence-corrected chi connectivity index (χ1v) is 11.9. The van der Waals surface area contributed by atoms with Crippen LogP contribution in [0.4, 0.5) is 5.13 Å². The lowest BCUT2D eigenvalue weighted by Gasteiger charge is -2.41. The van der Waals surface area contributed by atoms with Crippen molar-refractivity contribution in [2.75, 3.05) is 31.1 Å². The van der Waals surface area contributed by atoms with Gasteiger partial charge in [0.05, 0.1) is 18.9 Å². The standard InChI is InChI=1S/C19H26ClN5OS2/c1-13-3-2-6-25(12-13)14-4-7-24(8-5-14)19-23-9-15(27-19)18(26)22-11-17-21-10-16(20)28-17/h9-10,13-14H,2-8,11-12H2,1H3,(H,22,26)/t13-/m1/s1. The molecule has 2 saturated heterocycles. The van der Waals surface area contributed by atoms with Gasteiger partial charge in [-0.2, -0.15) is 0 Å². The largest absolute Gasteiger partial charge is 0.348 e. The fourth-order valence-electron chi connectivity index (χ4n) is 4.11. The van der Waals surface area contributed by atoms with Crippen LogP contribution in [0.25, 0.3) is 0 Å². The highest BCUT2D eigenvalue weighted by atomic mass is 35.5. The Balaban J connectivity index is 1.28. The van der Waals surface area contributed by atoms with Crippen LogP contribution in [0.5, 0.6) is 0 Å². The van der Waals surface area contributed by atoms with E-state index in [1.807, 2.05) is 0 Å². The highest BCUT2D eigenvalue weighted by molar-refractivity contribution is 7.17. The molecule has 6 nitrogen and oxygen atoms in total. The highest BCUT2D eigenvalue weighted by Crippen LogP contribution is 2.29. The summed E-state index contributed by atoms with van der Waals surface area (Å²) < 4.78 is 0.631. The number of carbonyl (C=O) groups is 1. The Morgan fingerprint density at radius 2 is 2.04 bits per heavy atom. The van der Waals surface area contributed by atoms with Gasteiger partial charge in [0.2, 0.25) is 0 Å². The first-order chi connectivity index (χ1) is 13.6. The van der Waals surface area contributed by atoms with Gasteiger partial charge in [0, 0.05) is 25.7 Å². The van der Waals surface area contributed by atoms with Crippen LogP contribution in [0.1, 0.15) is 47.3 Å². The molecule has 1 atom stereocenters. The molecule has 0 saturated carbocycles. The molecule has 1 amide bonds. The van der Waals surface area contributed by atoms with E-state index in [0.29, 0.717) is 21.8 Å². The maximum absolute atomic E-state index is 12.4. The number of amides is 1. The Morgan fingerprint density at radius 1 is 1.21 bits per heavy atom. The molecule has 2 aliphatic heterocycles. The Hall–Kier alpha value is -1.22. The van der Waals surface area contributed by atoms with Crippen molar-refractivity contribution in [3.05, 3.63) is 26.6 Å². The molecular weight excluding hydrogens is 414 g/mol. The summed E-state index contributed by atoms with van der Waals surface area (Å²) in [6.45, 7) is 7.29. The summed E-state index contributed by atoms with van der Waals surface area (Å²) >= 11 is 8.73. The van der Waals surface area contributed by atoms with Crippen molar-refractivity contribution in [2.45, 2.75) is 45.2 Å². The number of likely N-dealkylation sites (tertiary alicyclic amines) is 1. The smallest absolute Gasteiger partial charge is 0.263 e. The minimum absolute atomic E-state index is 0.104. The molecule has 9 heteroatoms. The van der Waals surface area contributed by atoms with E-state index in [1.165, 1.54) is 61.4 Å². The predicted molar refractivity (Wildman–Crippen MR) is 116 cm³/mol. The lowest BCUT2D eigenvalue weighted by atomic mass is 9.95. The van der Waals surface area contributed by atoms with Gasteiger partial charge in [-0.05, 0) is 38.1 Å². The summed E-state index contributed by atoms with van der Waals surface area (Å²) in [5.74, 6) is 0.722. The monoisotopic (exact) mass is 439 g/mol. The van der Waals surface area contributed by atoms with Crippen LogP contribution >= 0.6 is 34.3 Å². The van der Waals surface area contributed by atoms with Crippen LogP contribution in [0.2, 0.25) is 4.34 Å². The summed E-state index contributed by atoms with van der Waals surface area (Å²) in [4.78, 5) is 26.7. The zero-order chi connectivity index (χ0) is 19.5. The Labute approximate surface area is 178 Å². The van der Waals surface area contributed by atoms with Crippen molar-refractivity contribution >= 4 is 45.3 Å². The van der Waals surface area contributed by atoms with Crippen LogP contribution in [-0.4, -0.2) is 53.0 Å². The first-order valence-electron chi connectivity index (χ1n) is 9.91. The normalized spacial score (nSPS) is 21.8. The van der Waals surface area contributed by atoms with E-state index in [2.05, 4.69) is 32.0 Å². The molecule has 4 rings (SSSR count). The maximum Gasteiger partial charge on any atom is 0.263 e. The number of aromatic nitrogens is 2. The molecule has 2 aliphatic rings. The third-order valence-electron chi connectivity index (χ3n) is 5.58. The van der Waals surface area contributed by atoms with Gasteiger partial charge >= 0.3 is 0 Å². The summed E-state index contributed by atoms with van der Waals surface area (Å²) in [5, 5.41) is 4.65. The van der Waals surface area contributed by atoms with Crippen molar-refractivity contribution in [2.24, 2.45) is 5.92 Å². The van der Waals surface area contributed by atoms with Crippen molar-refractivity contribution in [1.29, 1.82) is 0 Å². The molecule has 2 aromatic heterocycles. The molecule has 0 aromatic carbocycles. The maximum atomic E-state index is 12.4. The lowest BCUT2D eigenvalue weighted by molar-refractivity contribution is 0.0954. The first kappa shape index (κ1) is 20.1. The summed E-state index contributed by atoms with van der Waals surface area (Å²) in [5.41, 5.74) is 0. The number of rotatable bonds is 5. The molecule has 4 heterocycles. The molecule has 0 aliphatic carbocycles. The quantitative estimate of drug-likeness (QED) is 0.765. The minimum atomic E-state index is -0.104. The summed E-state index contributed by atoms with van der Waals surface area (Å²) in [6.07, 6.45) is 8.35. The topological polar surface area (TPSA) is 61.4 Å². The van der Waals surface area contributed by atoms with Gasteiger partial charge in [-0.3, -0.25) is 9.69 Å². The number of anilines is 1. The minimum Gasteiger partial charge on any atom is -0.348 e. The van der Waals surface area contributed by atoms with Crippen LogP contribution < -0.4 is 10.2 Å². The molecule has 2 aromatic rings. The van der Waals surface area contributed by atoms with E-state index in [1.54, 1.807) is 12.4 Å². The fourth-order valence-corrected chi connectivity index (χ4v) is 5.89. The van der Waals surface area contributed by atoms with E-state index in [0.717, 1.165) is 29.1 Å². The van der Waals surface area contributed by atoms with Crippen LogP contribution in [0.15, 0.2) is 12.4 Å². The number of halogens is 1. The second-order valence-electron chi connectivity index (χ2n) is 7.71. The number of thiazole rings is 2. The van der Waals surface area contributed by atoms with Crippen molar-refractivity contribution in [3.8, 4) is 0 Å². The summed E-state index contributed by atoms with van der Waals surface area (Å²) in [6, 6.07) is 0.701. The third-order valence-corrected chi connectivity index (χ3v) is 7.75. The molecule has 0 spiro atoms. The number of nitrogens with zero attached hydrogens (tertiary/aromatic N) is 4.